The third kappa shape index (κ3) is 3.92. The highest BCUT2D eigenvalue weighted by atomic mass is 35.5. The molecule has 0 atom stereocenters. The molecule has 5 nitrogen and oxygen atoms in total. The van der Waals surface area contributed by atoms with Crippen molar-refractivity contribution in [1.82, 2.24) is 10.3 Å². The molecule has 1 rings (SSSR count). The number of aromatic nitrogens is 1. The van der Waals surface area contributed by atoms with Crippen LogP contribution in [0.5, 0.6) is 0 Å². The van der Waals surface area contributed by atoms with Crippen molar-refractivity contribution in [2.75, 3.05) is 20.8 Å². The van der Waals surface area contributed by atoms with Crippen molar-refractivity contribution in [3.8, 4) is 0 Å². The number of ether oxygens (including phenoxy) is 2. The molecule has 0 bridgehead atoms. The molecule has 7 heteroatoms. The molecule has 1 N–H and O–H groups in total. The monoisotopic (exact) mass is 262 g/mol. The summed E-state index contributed by atoms with van der Waals surface area (Å²) in [6.45, 7) is 0.124. The van der Waals surface area contributed by atoms with E-state index in [9.17, 15) is 9.18 Å². The lowest BCUT2D eigenvalue weighted by Gasteiger charge is -2.14. The summed E-state index contributed by atoms with van der Waals surface area (Å²) in [6.07, 6.45) is 0.367. The number of amides is 1. The number of nitrogens with zero attached hydrogens (tertiary/aromatic N) is 1. The van der Waals surface area contributed by atoms with Gasteiger partial charge in [0.15, 0.2) is 6.29 Å². The quantitative estimate of drug-likeness (QED) is 0.640. The van der Waals surface area contributed by atoms with Crippen LogP contribution in [0, 0.1) is 5.82 Å². The van der Waals surface area contributed by atoms with Crippen LogP contribution in [0.4, 0.5) is 4.39 Å². The van der Waals surface area contributed by atoms with E-state index in [4.69, 9.17) is 21.1 Å². The largest absolute Gasteiger partial charge is 0.354 e. The summed E-state index contributed by atoms with van der Waals surface area (Å²) >= 11 is 5.67. The van der Waals surface area contributed by atoms with E-state index in [0.29, 0.717) is 0 Å². The molecule has 1 aromatic rings. The Morgan fingerprint density at radius 3 is 2.82 bits per heavy atom. The topological polar surface area (TPSA) is 60.5 Å². The van der Waals surface area contributed by atoms with Gasteiger partial charge in [-0.25, -0.2) is 9.37 Å². The van der Waals surface area contributed by atoms with E-state index in [2.05, 4.69) is 10.3 Å². The van der Waals surface area contributed by atoms with Gasteiger partial charge in [0, 0.05) is 14.2 Å². The van der Waals surface area contributed by atoms with Crippen LogP contribution in [0.1, 0.15) is 10.4 Å². The lowest BCUT2D eigenvalue weighted by Crippen LogP contribution is -2.34. The SMILES string of the molecule is COC(CNC(=O)c1cc(F)cnc1Cl)OC. The van der Waals surface area contributed by atoms with Gasteiger partial charge in [-0.15, -0.1) is 0 Å². The van der Waals surface area contributed by atoms with Gasteiger partial charge in [-0.2, -0.15) is 0 Å². The fourth-order valence-electron chi connectivity index (χ4n) is 1.12. The zero-order chi connectivity index (χ0) is 12.8. The van der Waals surface area contributed by atoms with Gasteiger partial charge in [0.25, 0.3) is 5.91 Å². The number of nitrogens with one attached hydrogen (secondary N) is 1. The summed E-state index contributed by atoms with van der Waals surface area (Å²) in [6, 6.07) is 1.01. The average Bonchev–Trinajstić information content (AvgIpc) is 2.33. The maximum atomic E-state index is 12.9. The highest BCUT2D eigenvalue weighted by molar-refractivity contribution is 6.32. The fraction of sp³-hybridized carbons (Fsp3) is 0.400. The zero-order valence-electron chi connectivity index (χ0n) is 9.37. The standard InChI is InChI=1S/C10H12ClFN2O3/c1-16-8(17-2)5-14-10(15)7-3-6(12)4-13-9(7)11/h3-4,8H,5H2,1-2H3,(H,14,15). The molecule has 0 fully saturated rings. The zero-order valence-corrected chi connectivity index (χ0v) is 10.1. The van der Waals surface area contributed by atoms with Crippen LogP contribution in [0.3, 0.4) is 0 Å². The lowest BCUT2D eigenvalue weighted by atomic mass is 10.2. The summed E-state index contributed by atoms with van der Waals surface area (Å²) < 4.78 is 22.6. The van der Waals surface area contributed by atoms with Crippen LogP contribution in [0.25, 0.3) is 0 Å². The molecule has 0 aliphatic heterocycles. The summed E-state index contributed by atoms with van der Waals surface area (Å²) in [7, 11) is 2.88. The normalized spacial score (nSPS) is 10.6. The summed E-state index contributed by atoms with van der Waals surface area (Å²) in [5.74, 6) is -1.17. The van der Waals surface area contributed by atoms with Gasteiger partial charge in [-0.1, -0.05) is 11.6 Å². The van der Waals surface area contributed by atoms with E-state index in [-0.39, 0.29) is 17.3 Å². The molecular formula is C10H12ClFN2O3. The van der Waals surface area contributed by atoms with Crippen molar-refractivity contribution < 1.29 is 18.7 Å². The number of rotatable bonds is 5. The molecule has 0 saturated heterocycles. The molecule has 17 heavy (non-hydrogen) atoms. The van der Waals surface area contributed by atoms with Crippen LogP contribution in [-0.4, -0.2) is 37.9 Å². The smallest absolute Gasteiger partial charge is 0.254 e. The van der Waals surface area contributed by atoms with Gasteiger partial charge in [-0.3, -0.25) is 4.79 Å². The Balaban J connectivity index is 2.66. The van der Waals surface area contributed by atoms with Gasteiger partial charge in [0.1, 0.15) is 11.0 Å². The van der Waals surface area contributed by atoms with E-state index in [0.717, 1.165) is 12.3 Å². The molecule has 1 heterocycles. The van der Waals surface area contributed by atoms with Crippen LogP contribution in [-0.2, 0) is 9.47 Å². The minimum atomic E-state index is -0.630. The summed E-state index contributed by atoms with van der Waals surface area (Å²) in [5.41, 5.74) is -0.0300. The van der Waals surface area contributed by atoms with E-state index in [1.807, 2.05) is 0 Å². The van der Waals surface area contributed by atoms with Crippen LogP contribution in [0.2, 0.25) is 5.15 Å². The Morgan fingerprint density at radius 2 is 2.24 bits per heavy atom. The Morgan fingerprint density at radius 1 is 1.59 bits per heavy atom. The minimum absolute atomic E-state index is 0.0300. The second kappa shape index (κ2) is 6.48. The van der Waals surface area contributed by atoms with Gasteiger partial charge in [-0.05, 0) is 6.07 Å². The predicted octanol–water partition coefficient (Wildman–Crippen LogP) is 1.22. The molecule has 1 aromatic heterocycles. The highest BCUT2D eigenvalue weighted by Gasteiger charge is 2.14. The van der Waals surface area contributed by atoms with Crippen LogP contribution >= 0.6 is 11.6 Å². The first kappa shape index (κ1) is 13.8. The number of carbonyl (C=O) groups excluding carboxylic acids is 1. The van der Waals surface area contributed by atoms with Crippen molar-refractivity contribution >= 4 is 17.5 Å². The first-order chi connectivity index (χ1) is 8.08. The lowest BCUT2D eigenvalue weighted by molar-refractivity contribution is -0.0974. The highest BCUT2D eigenvalue weighted by Crippen LogP contribution is 2.13. The number of carbonyl (C=O) groups is 1. The molecule has 0 aliphatic carbocycles. The molecule has 0 spiro atoms. The minimum Gasteiger partial charge on any atom is -0.354 e. The van der Waals surface area contributed by atoms with Gasteiger partial charge in [0.2, 0.25) is 0 Å². The van der Waals surface area contributed by atoms with E-state index in [1.54, 1.807) is 0 Å². The Labute approximate surface area is 103 Å². The molecule has 0 unspecified atom stereocenters. The number of halogens is 2. The Bertz CT molecular complexity index is 399. The average molecular weight is 263 g/mol. The van der Waals surface area contributed by atoms with E-state index >= 15 is 0 Å². The maximum Gasteiger partial charge on any atom is 0.254 e. The summed E-state index contributed by atoms with van der Waals surface area (Å²) in [5, 5.41) is 2.43. The van der Waals surface area contributed by atoms with Crippen molar-refractivity contribution in [2.45, 2.75) is 6.29 Å². The van der Waals surface area contributed by atoms with Gasteiger partial charge in [0.05, 0.1) is 18.3 Å². The van der Waals surface area contributed by atoms with Crippen molar-refractivity contribution in [3.63, 3.8) is 0 Å². The number of hydrogen-bond donors (Lipinski definition) is 1. The fourth-order valence-corrected chi connectivity index (χ4v) is 1.31. The molecule has 0 aliphatic rings. The number of methoxy groups -OCH3 is 2. The van der Waals surface area contributed by atoms with Crippen molar-refractivity contribution in [2.24, 2.45) is 0 Å². The molecule has 1 amide bonds. The summed E-state index contributed by atoms with van der Waals surface area (Å²) in [4.78, 5) is 15.2. The molecule has 94 valence electrons. The molecule has 0 radical (unpaired) electrons. The van der Waals surface area contributed by atoms with Gasteiger partial charge >= 0.3 is 0 Å². The predicted molar refractivity (Wildman–Crippen MR) is 59.3 cm³/mol. The molecule has 0 saturated carbocycles. The van der Waals surface area contributed by atoms with Gasteiger partial charge < -0.3 is 14.8 Å². The number of pyridine rings is 1. The second-order valence-corrected chi connectivity index (χ2v) is 3.46. The van der Waals surface area contributed by atoms with Crippen LogP contribution in [0.15, 0.2) is 12.3 Å². The van der Waals surface area contributed by atoms with Crippen LogP contribution < -0.4 is 5.32 Å². The molecular weight excluding hydrogens is 251 g/mol. The first-order valence-corrected chi connectivity index (χ1v) is 5.11. The molecule has 0 aromatic carbocycles. The maximum absolute atomic E-state index is 12.9. The van der Waals surface area contributed by atoms with E-state index in [1.165, 1.54) is 14.2 Å². The van der Waals surface area contributed by atoms with Crippen molar-refractivity contribution in [1.29, 1.82) is 0 Å². The number of hydrogen-bond acceptors (Lipinski definition) is 4. The second-order valence-electron chi connectivity index (χ2n) is 3.10. The first-order valence-electron chi connectivity index (χ1n) is 4.73. The third-order valence-corrected chi connectivity index (χ3v) is 2.31. The Hall–Kier alpha value is -1.24. The third-order valence-electron chi connectivity index (χ3n) is 2.01. The van der Waals surface area contributed by atoms with E-state index < -0.39 is 18.0 Å². The Kier molecular flexibility index (Phi) is 5.27. The van der Waals surface area contributed by atoms with Crippen molar-refractivity contribution in [3.05, 3.63) is 28.8 Å².